The first kappa shape index (κ1) is 21.8. The molecule has 7 heteroatoms. The summed E-state index contributed by atoms with van der Waals surface area (Å²) in [6.07, 6.45) is 1.78. The Morgan fingerprint density at radius 3 is 2.48 bits per heavy atom. The summed E-state index contributed by atoms with van der Waals surface area (Å²) >= 11 is 11.7. The highest BCUT2D eigenvalue weighted by atomic mass is 127. The van der Waals surface area contributed by atoms with E-state index in [1.807, 2.05) is 48.5 Å². The number of hydrogen-bond acceptors (Lipinski definition) is 3. The number of nitrogens with one attached hydrogen (secondary N) is 1. The van der Waals surface area contributed by atoms with E-state index in [0.717, 1.165) is 15.6 Å². The van der Waals surface area contributed by atoms with Crippen molar-refractivity contribution in [2.75, 3.05) is 0 Å². The molecule has 3 aromatic rings. The molecule has 0 aliphatic rings. The SMILES string of the molecule is O=C(Cc1ccc(Br)cc1)N/N=C\c1cc(Cl)ccc1OCc1ccc(I)cc1. The first-order chi connectivity index (χ1) is 14.0. The number of amides is 1. The predicted molar refractivity (Wildman–Crippen MR) is 129 cm³/mol. The molecule has 0 aliphatic heterocycles. The average molecular weight is 584 g/mol. The lowest BCUT2D eigenvalue weighted by Crippen LogP contribution is -2.19. The molecule has 0 aliphatic carbocycles. The highest BCUT2D eigenvalue weighted by Gasteiger charge is 2.05. The Bertz CT molecular complexity index is 1010. The molecule has 0 saturated heterocycles. The minimum atomic E-state index is -0.202. The van der Waals surface area contributed by atoms with Gasteiger partial charge in [0.2, 0.25) is 5.91 Å². The van der Waals surface area contributed by atoms with Crippen LogP contribution in [0.4, 0.5) is 0 Å². The van der Waals surface area contributed by atoms with Crippen LogP contribution in [0, 0.1) is 3.57 Å². The Kier molecular flexibility index (Phi) is 8.09. The molecule has 0 fully saturated rings. The lowest BCUT2D eigenvalue weighted by atomic mass is 10.1. The summed E-state index contributed by atoms with van der Waals surface area (Å²) < 4.78 is 8.05. The molecule has 1 N–H and O–H groups in total. The van der Waals surface area contributed by atoms with Crippen LogP contribution >= 0.6 is 50.1 Å². The van der Waals surface area contributed by atoms with Gasteiger partial charge in [0.15, 0.2) is 0 Å². The number of carbonyl (C=O) groups excluding carboxylic acids is 1. The Morgan fingerprint density at radius 2 is 1.76 bits per heavy atom. The molecule has 0 saturated carbocycles. The zero-order valence-corrected chi connectivity index (χ0v) is 19.7. The molecular weight excluding hydrogens is 567 g/mol. The molecular formula is C22H17BrClIN2O2. The van der Waals surface area contributed by atoms with Gasteiger partial charge in [-0.25, -0.2) is 5.43 Å². The third-order valence-corrected chi connectivity index (χ3v) is 5.43. The zero-order valence-electron chi connectivity index (χ0n) is 15.2. The fraction of sp³-hybridized carbons (Fsp3) is 0.0909. The van der Waals surface area contributed by atoms with Crippen molar-refractivity contribution in [1.82, 2.24) is 5.43 Å². The van der Waals surface area contributed by atoms with Gasteiger partial charge < -0.3 is 4.74 Å². The van der Waals surface area contributed by atoms with Crippen LogP contribution in [-0.2, 0) is 17.8 Å². The monoisotopic (exact) mass is 582 g/mol. The first-order valence-corrected chi connectivity index (χ1v) is 11.0. The fourth-order valence-electron chi connectivity index (χ4n) is 2.49. The Labute approximate surface area is 196 Å². The third-order valence-electron chi connectivity index (χ3n) is 3.95. The number of carbonyl (C=O) groups is 1. The van der Waals surface area contributed by atoms with Gasteiger partial charge in [-0.05, 0) is 76.2 Å². The van der Waals surface area contributed by atoms with E-state index < -0.39 is 0 Å². The third kappa shape index (κ3) is 7.13. The Morgan fingerprint density at radius 1 is 1.07 bits per heavy atom. The van der Waals surface area contributed by atoms with Crippen LogP contribution in [0.5, 0.6) is 5.75 Å². The summed E-state index contributed by atoms with van der Waals surface area (Å²) in [4.78, 5) is 12.1. The van der Waals surface area contributed by atoms with Gasteiger partial charge in [0.1, 0.15) is 12.4 Å². The summed E-state index contributed by atoms with van der Waals surface area (Å²) in [6.45, 7) is 0.426. The first-order valence-electron chi connectivity index (χ1n) is 8.73. The van der Waals surface area contributed by atoms with E-state index in [-0.39, 0.29) is 12.3 Å². The summed E-state index contributed by atoms with van der Waals surface area (Å²) in [6, 6.07) is 21.0. The van der Waals surface area contributed by atoms with Crippen LogP contribution in [0.1, 0.15) is 16.7 Å². The minimum Gasteiger partial charge on any atom is -0.488 e. The molecule has 0 aromatic heterocycles. The number of benzene rings is 3. The van der Waals surface area contributed by atoms with E-state index in [1.54, 1.807) is 18.2 Å². The molecule has 3 aromatic carbocycles. The molecule has 0 radical (unpaired) electrons. The molecule has 1 amide bonds. The average Bonchev–Trinajstić information content (AvgIpc) is 2.70. The largest absolute Gasteiger partial charge is 0.488 e. The van der Waals surface area contributed by atoms with Crippen molar-refractivity contribution in [2.24, 2.45) is 5.10 Å². The number of nitrogens with zero attached hydrogens (tertiary/aromatic N) is 1. The van der Waals surface area contributed by atoms with Gasteiger partial charge in [-0.15, -0.1) is 0 Å². The lowest BCUT2D eigenvalue weighted by Gasteiger charge is -2.10. The summed E-state index contributed by atoms with van der Waals surface area (Å²) in [5, 5.41) is 4.61. The van der Waals surface area contributed by atoms with Crippen LogP contribution < -0.4 is 10.2 Å². The molecule has 148 valence electrons. The maximum Gasteiger partial charge on any atom is 0.244 e. The normalized spacial score (nSPS) is 10.9. The number of ether oxygens (including phenoxy) is 1. The standard InChI is InChI=1S/C22H17BrClIN2O2/c23-18-5-1-15(2-6-18)11-22(28)27-26-13-17-12-19(24)7-10-21(17)29-14-16-3-8-20(25)9-4-16/h1-10,12-13H,11,14H2,(H,27,28)/b26-13-. The van der Waals surface area contributed by atoms with Gasteiger partial charge in [0, 0.05) is 18.6 Å². The Balaban J connectivity index is 1.61. The van der Waals surface area contributed by atoms with Crippen LogP contribution in [0.25, 0.3) is 0 Å². The number of hydrogen-bond donors (Lipinski definition) is 1. The molecule has 29 heavy (non-hydrogen) atoms. The smallest absolute Gasteiger partial charge is 0.244 e. The van der Waals surface area contributed by atoms with E-state index in [2.05, 4.69) is 49.0 Å². The van der Waals surface area contributed by atoms with Crippen LogP contribution in [0.15, 0.2) is 76.3 Å². The predicted octanol–water partition coefficient (Wildman–Crippen LogP) is 5.98. The van der Waals surface area contributed by atoms with Crippen molar-refractivity contribution >= 4 is 62.2 Å². The van der Waals surface area contributed by atoms with Crippen molar-refractivity contribution < 1.29 is 9.53 Å². The van der Waals surface area contributed by atoms with Crippen molar-refractivity contribution in [1.29, 1.82) is 0 Å². The zero-order chi connectivity index (χ0) is 20.6. The van der Waals surface area contributed by atoms with Crippen molar-refractivity contribution in [2.45, 2.75) is 13.0 Å². The Hall–Kier alpha value is -1.90. The van der Waals surface area contributed by atoms with Crippen molar-refractivity contribution in [3.05, 3.63) is 96.5 Å². The van der Waals surface area contributed by atoms with Crippen LogP contribution in [0.3, 0.4) is 0 Å². The molecule has 0 unspecified atom stereocenters. The summed E-state index contributed by atoms with van der Waals surface area (Å²) in [5.74, 6) is 0.436. The molecule has 4 nitrogen and oxygen atoms in total. The van der Waals surface area contributed by atoms with E-state index >= 15 is 0 Å². The van der Waals surface area contributed by atoms with Gasteiger partial charge in [-0.1, -0.05) is 51.8 Å². The van der Waals surface area contributed by atoms with E-state index in [0.29, 0.717) is 22.9 Å². The van der Waals surface area contributed by atoms with E-state index in [9.17, 15) is 4.79 Å². The van der Waals surface area contributed by atoms with Crippen LogP contribution in [0.2, 0.25) is 5.02 Å². The molecule has 0 heterocycles. The van der Waals surface area contributed by atoms with Gasteiger partial charge in [-0.3, -0.25) is 4.79 Å². The fourth-order valence-corrected chi connectivity index (χ4v) is 3.30. The minimum absolute atomic E-state index is 0.202. The second-order valence-corrected chi connectivity index (χ2v) is 8.79. The van der Waals surface area contributed by atoms with Gasteiger partial charge in [-0.2, -0.15) is 5.10 Å². The van der Waals surface area contributed by atoms with Gasteiger partial charge in [0.05, 0.1) is 12.6 Å². The van der Waals surface area contributed by atoms with Crippen molar-refractivity contribution in [3.63, 3.8) is 0 Å². The number of hydrazone groups is 1. The molecule has 0 atom stereocenters. The number of halogens is 3. The van der Waals surface area contributed by atoms with Crippen molar-refractivity contribution in [3.8, 4) is 5.75 Å². The van der Waals surface area contributed by atoms with E-state index in [1.165, 1.54) is 9.78 Å². The topological polar surface area (TPSA) is 50.7 Å². The second-order valence-electron chi connectivity index (χ2n) is 6.19. The lowest BCUT2D eigenvalue weighted by molar-refractivity contribution is -0.120. The van der Waals surface area contributed by atoms with Crippen LogP contribution in [-0.4, -0.2) is 12.1 Å². The quantitative estimate of drug-likeness (QED) is 0.212. The highest BCUT2D eigenvalue weighted by molar-refractivity contribution is 14.1. The summed E-state index contributed by atoms with van der Waals surface area (Å²) in [5.41, 5.74) is 5.20. The molecule has 0 bridgehead atoms. The van der Waals surface area contributed by atoms with E-state index in [4.69, 9.17) is 16.3 Å². The highest BCUT2D eigenvalue weighted by Crippen LogP contribution is 2.22. The molecule has 3 rings (SSSR count). The number of rotatable bonds is 7. The summed E-state index contributed by atoms with van der Waals surface area (Å²) in [7, 11) is 0. The molecule has 0 spiro atoms. The maximum absolute atomic E-state index is 12.1. The second kappa shape index (κ2) is 10.8. The maximum atomic E-state index is 12.1. The van der Waals surface area contributed by atoms with Gasteiger partial charge >= 0.3 is 0 Å². The van der Waals surface area contributed by atoms with Gasteiger partial charge in [0.25, 0.3) is 0 Å².